The van der Waals surface area contributed by atoms with E-state index in [1.165, 1.54) is 5.56 Å². The quantitative estimate of drug-likeness (QED) is 0.879. The number of hydrogen-bond donors (Lipinski definition) is 1. The molecule has 0 radical (unpaired) electrons. The molecule has 2 N–H and O–H groups in total. The van der Waals surface area contributed by atoms with E-state index >= 15 is 0 Å². The average molecular weight is 229 g/mol. The van der Waals surface area contributed by atoms with Gasteiger partial charge in [0, 0.05) is 30.9 Å². The van der Waals surface area contributed by atoms with Gasteiger partial charge in [-0.25, -0.2) is 0 Å². The van der Waals surface area contributed by atoms with Crippen molar-refractivity contribution >= 4 is 0 Å². The second-order valence-electron chi connectivity index (χ2n) is 4.66. The van der Waals surface area contributed by atoms with Gasteiger partial charge in [-0.15, -0.1) is 0 Å². The first-order chi connectivity index (χ1) is 8.11. The van der Waals surface area contributed by atoms with Gasteiger partial charge in [0.25, 0.3) is 0 Å². The highest BCUT2D eigenvalue weighted by Gasteiger charge is 2.09. The maximum absolute atomic E-state index is 5.73. The van der Waals surface area contributed by atoms with Crippen LogP contribution in [0.5, 0.6) is 0 Å². The molecular weight excluding hydrogens is 210 g/mol. The molecule has 2 rings (SSSR count). The molecule has 0 atom stereocenters. The van der Waals surface area contributed by atoms with Gasteiger partial charge in [0.05, 0.1) is 5.69 Å². The molecule has 0 aliphatic heterocycles. The molecule has 0 saturated carbocycles. The van der Waals surface area contributed by atoms with Crippen LogP contribution >= 0.6 is 0 Å². The number of hydrogen-bond acceptors (Lipinski definition) is 2. The number of benzene rings is 1. The standard InChI is InChI=1S/C14H19N3/c1-10(2)11-4-6-12(7-5-11)14-13(8-15)9-17(3)16-14/h4-7,9-10H,8,15H2,1-3H3. The maximum Gasteiger partial charge on any atom is 0.0967 e. The predicted molar refractivity (Wildman–Crippen MR) is 70.6 cm³/mol. The third-order valence-electron chi connectivity index (χ3n) is 2.98. The van der Waals surface area contributed by atoms with Crippen molar-refractivity contribution in [3.05, 3.63) is 41.6 Å². The number of aryl methyl sites for hydroxylation is 1. The highest BCUT2D eigenvalue weighted by Crippen LogP contribution is 2.24. The minimum Gasteiger partial charge on any atom is -0.326 e. The Kier molecular flexibility index (Phi) is 3.29. The highest BCUT2D eigenvalue weighted by molar-refractivity contribution is 5.63. The van der Waals surface area contributed by atoms with E-state index in [0.29, 0.717) is 12.5 Å². The smallest absolute Gasteiger partial charge is 0.0967 e. The summed E-state index contributed by atoms with van der Waals surface area (Å²) in [7, 11) is 1.92. The van der Waals surface area contributed by atoms with Crippen LogP contribution in [0, 0.1) is 0 Å². The second kappa shape index (κ2) is 4.72. The summed E-state index contributed by atoms with van der Waals surface area (Å²) in [5.41, 5.74) is 10.3. The van der Waals surface area contributed by atoms with Crippen LogP contribution < -0.4 is 5.73 Å². The molecule has 0 fully saturated rings. The van der Waals surface area contributed by atoms with E-state index in [-0.39, 0.29) is 0 Å². The Morgan fingerprint density at radius 3 is 2.41 bits per heavy atom. The van der Waals surface area contributed by atoms with Crippen molar-refractivity contribution in [1.82, 2.24) is 9.78 Å². The third-order valence-corrected chi connectivity index (χ3v) is 2.98. The second-order valence-corrected chi connectivity index (χ2v) is 4.66. The fourth-order valence-electron chi connectivity index (χ4n) is 1.96. The molecule has 1 aromatic heterocycles. The van der Waals surface area contributed by atoms with Crippen LogP contribution in [-0.4, -0.2) is 9.78 Å². The lowest BCUT2D eigenvalue weighted by Gasteiger charge is -2.06. The van der Waals surface area contributed by atoms with Crippen LogP contribution in [0.1, 0.15) is 30.9 Å². The van der Waals surface area contributed by atoms with Crippen molar-refractivity contribution in [2.24, 2.45) is 12.8 Å². The van der Waals surface area contributed by atoms with Crippen molar-refractivity contribution < 1.29 is 0 Å². The Morgan fingerprint density at radius 1 is 1.24 bits per heavy atom. The SMILES string of the molecule is CC(C)c1ccc(-c2nn(C)cc2CN)cc1. The molecule has 0 saturated heterocycles. The van der Waals surface area contributed by atoms with Gasteiger partial charge in [0.1, 0.15) is 0 Å². The molecular formula is C14H19N3. The number of aromatic nitrogens is 2. The van der Waals surface area contributed by atoms with Gasteiger partial charge in [-0.1, -0.05) is 38.1 Å². The number of rotatable bonds is 3. The molecule has 0 aliphatic rings. The molecule has 17 heavy (non-hydrogen) atoms. The van der Waals surface area contributed by atoms with Crippen LogP contribution in [0.2, 0.25) is 0 Å². The topological polar surface area (TPSA) is 43.8 Å². The monoisotopic (exact) mass is 229 g/mol. The molecule has 3 nitrogen and oxygen atoms in total. The summed E-state index contributed by atoms with van der Waals surface area (Å²) in [4.78, 5) is 0. The third kappa shape index (κ3) is 2.39. The van der Waals surface area contributed by atoms with Crippen molar-refractivity contribution in [3.63, 3.8) is 0 Å². The zero-order valence-electron chi connectivity index (χ0n) is 10.6. The molecule has 1 heterocycles. The fraction of sp³-hybridized carbons (Fsp3) is 0.357. The van der Waals surface area contributed by atoms with Gasteiger partial charge in [0.2, 0.25) is 0 Å². The van der Waals surface area contributed by atoms with Crippen LogP contribution in [0.4, 0.5) is 0 Å². The minimum absolute atomic E-state index is 0.523. The Hall–Kier alpha value is -1.61. The lowest BCUT2D eigenvalue weighted by Crippen LogP contribution is -1.96. The normalized spacial score (nSPS) is 11.1. The lowest BCUT2D eigenvalue weighted by molar-refractivity contribution is 0.769. The van der Waals surface area contributed by atoms with Gasteiger partial charge in [-0.05, 0) is 11.5 Å². The van der Waals surface area contributed by atoms with Gasteiger partial charge in [-0.2, -0.15) is 5.10 Å². The molecule has 0 spiro atoms. The van der Waals surface area contributed by atoms with Crippen LogP contribution in [0.25, 0.3) is 11.3 Å². The van der Waals surface area contributed by atoms with Gasteiger partial charge in [0.15, 0.2) is 0 Å². The Morgan fingerprint density at radius 2 is 1.88 bits per heavy atom. The first-order valence-corrected chi connectivity index (χ1v) is 5.94. The fourth-order valence-corrected chi connectivity index (χ4v) is 1.96. The van der Waals surface area contributed by atoms with Crippen LogP contribution in [-0.2, 0) is 13.6 Å². The van der Waals surface area contributed by atoms with Crippen LogP contribution in [0.15, 0.2) is 30.5 Å². The molecule has 3 heteroatoms. The van der Waals surface area contributed by atoms with E-state index in [9.17, 15) is 0 Å². The Bertz CT molecular complexity index is 495. The van der Waals surface area contributed by atoms with E-state index in [2.05, 4.69) is 43.2 Å². The van der Waals surface area contributed by atoms with Crippen molar-refractivity contribution in [2.75, 3.05) is 0 Å². The summed E-state index contributed by atoms with van der Waals surface area (Å²) in [6, 6.07) is 8.57. The first kappa shape index (κ1) is 11.9. The lowest BCUT2D eigenvalue weighted by atomic mass is 10.00. The van der Waals surface area contributed by atoms with Crippen molar-refractivity contribution in [3.8, 4) is 11.3 Å². The average Bonchev–Trinajstić information content (AvgIpc) is 2.70. The molecule has 0 unspecified atom stereocenters. The summed E-state index contributed by atoms with van der Waals surface area (Å²) in [6.07, 6.45) is 1.98. The first-order valence-electron chi connectivity index (χ1n) is 5.94. The molecule has 0 aliphatic carbocycles. The van der Waals surface area contributed by atoms with Gasteiger partial charge >= 0.3 is 0 Å². The molecule has 0 bridgehead atoms. The van der Waals surface area contributed by atoms with E-state index in [1.54, 1.807) is 0 Å². The highest BCUT2D eigenvalue weighted by atomic mass is 15.3. The summed E-state index contributed by atoms with van der Waals surface area (Å²) in [6.45, 7) is 4.91. The van der Waals surface area contributed by atoms with E-state index < -0.39 is 0 Å². The predicted octanol–water partition coefficient (Wildman–Crippen LogP) is 2.67. The maximum atomic E-state index is 5.73. The van der Waals surface area contributed by atoms with E-state index in [0.717, 1.165) is 16.8 Å². The van der Waals surface area contributed by atoms with Gasteiger partial charge < -0.3 is 5.73 Å². The Labute approximate surface area is 102 Å². The van der Waals surface area contributed by atoms with E-state index in [1.807, 2.05) is 17.9 Å². The van der Waals surface area contributed by atoms with Crippen LogP contribution in [0.3, 0.4) is 0 Å². The molecule has 0 amide bonds. The molecule has 2 aromatic rings. The largest absolute Gasteiger partial charge is 0.326 e. The summed E-state index contributed by atoms with van der Waals surface area (Å²) in [5, 5.41) is 4.46. The summed E-state index contributed by atoms with van der Waals surface area (Å²) in [5.74, 6) is 0.557. The minimum atomic E-state index is 0.523. The molecule has 90 valence electrons. The number of nitrogens with two attached hydrogens (primary N) is 1. The number of nitrogens with zero attached hydrogens (tertiary/aromatic N) is 2. The Balaban J connectivity index is 2.39. The van der Waals surface area contributed by atoms with Crippen molar-refractivity contribution in [2.45, 2.75) is 26.3 Å². The summed E-state index contributed by atoms with van der Waals surface area (Å²) >= 11 is 0. The molecule has 1 aromatic carbocycles. The van der Waals surface area contributed by atoms with Crippen molar-refractivity contribution in [1.29, 1.82) is 0 Å². The zero-order chi connectivity index (χ0) is 12.4. The van der Waals surface area contributed by atoms with Gasteiger partial charge in [-0.3, -0.25) is 4.68 Å². The zero-order valence-corrected chi connectivity index (χ0v) is 10.6. The summed E-state index contributed by atoms with van der Waals surface area (Å²) < 4.78 is 1.81. The van der Waals surface area contributed by atoms with E-state index in [4.69, 9.17) is 5.73 Å².